The van der Waals surface area contributed by atoms with Crippen LogP contribution in [0.2, 0.25) is 0 Å². The summed E-state index contributed by atoms with van der Waals surface area (Å²) in [5.74, 6) is -0.173. The molecule has 0 spiro atoms. The number of piperidine rings is 1. The molecule has 108 valence electrons. The Labute approximate surface area is 120 Å². The fraction of sp³-hybridized carbons (Fsp3) is 0.500. The Hall–Kier alpha value is -1.84. The van der Waals surface area contributed by atoms with Gasteiger partial charge in [-0.2, -0.15) is 0 Å². The molecule has 1 N–H and O–H groups in total. The van der Waals surface area contributed by atoms with Gasteiger partial charge in [-0.25, -0.2) is 0 Å². The van der Waals surface area contributed by atoms with Crippen LogP contribution in [0.25, 0.3) is 0 Å². The monoisotopic (exact) mass is 274 g/mol. The summed E-state index contributed by atoms with van der Waals surface area (Å²) in [4.78, 5) is 26.2. The summed E-state index contributed by atoms with van der Waals surface area (Å²) >= 11 is 0. The van der Waals surface area contributed by atoms with Gasteiger partial charge in [0.25, 0.3) is 5.91 Å². The molecule has 1 aromatic carbocycles. The normalized spacial score (nSPS) is 16.6. The number of likely N-dealkylation sites (tertiary alicyclic amines) is 1. The Bertz CT molecular complexity index is 476. The topological polar surface area (TPSA) is 49.4 Å². The molecule has 0 radical (unpaired) electrons. The van der Waals surface area contributed by atoms with Crippen LogP contribution < -0.4 is 5.32 Å². The molecule has 0 saturated carbocycles. The lowest BCUT2D eigenvalue weighted by atomic mass is 10.1. The van der Waals surface area contributed by atoms with Crippen molar-refractivity contribution in [1.29, 1.82) is 0 Å². The maximum absolute atomic E-state index is 12.2. The van der Waals surface area contributed by atoms with E-state index < -0.39 is 6.04 Å². The summed E-state index contributed by atoms with van der Waals surface area (Å²) in [6.45, 7) is 5.35. The minimum absolute atomic E-state index is 0.0187. The predicted octanol–water partition coefficient (Wildman–Crippen LogP) is 2.13. The Morgan fingerprint density at radius 1 is 1.10 bits per heavy atom. The third-order valence-corrected chi connectivity index (χ3v) is 3.70. The van der Waals surface area contributed by atoms with Crippen LogP contribution >= 0.6 is 0 Å². The summed E-state index contributed by atoms with van der Waals surface area (Å²) in [6.07, 6.45) is 3.31. The van der Waals surface area contributed by atoms with Crippen LogP contribution in [0.3, 0.4) is 0 Å². The van der Waals surface area contributed by atoms with Crippen molar-refractivity contribution < 1.29 is 9.59 Å². The minimum atomic E-state index is -0.470. The summed E-state index contributed by atoms with van der Waals surface area (Å²) in [7, 11) is 0. The molecule has 4 nitrogen and oxygen atoms in total. The highest BCUT2D eigenvalue weighted by Crippen LogP contribution is 2.10. The lowest BCUT2D eigenvalue weighted by Gasteiger charge is -2.29. The first-order valence-corrected chi connectivity index (χ1v) is 7.24. The third-order valence-electron chi connectivity index (χ3n) is 3.70. The smallest absolute Gasteiger partial charge is 0.251 e. The summed E-state index contributed by atoms with van der Waals surface area (Å²) in [6, 6.07) is 6.88. The average molecular weight is 274 g/mol. The van der Waals surface area contributed by atoms with Crippen molar-refractivity contribution in [2.75, 3.05) is 13.1 Å². The lowest BCUT2D eigenvalue weighted by molar-refractivity contribution is -0.133. The zero-order valence-corrected chi connectivity index (χ0v) is 12.2. The average Bonchev–Trinajstić information content (AvgIpc) is 2.48. The van der Waals surface area contributed by atoms with E-state index in [9.17, 15) is 9.59 Å². The molecule has 1 atom stereocenters. The van der Waals surface area contributed by atoms with Crippen LogP contribution in [0.15, 0.2) is 24.3 Å². The number of aryl methyl sites for hydroxylation is 1. The number of carbonyl (C=O) groups is 2. The van der Waals surface area contributed by atoms with Gasteiger partial charge in [0.15, 0.2) is 0 Å². The number of benzene rings is 1. The lowest BCUT2D eigenvalue weighted by Crippen LogP contribution is -2.48. The van der Waals surface area contributed by atoms with Crippen molar-refractivity contribution in [2.24, 2.45) is 0 Å². The molecule has 1 fully saturated rings. The highest BCUT2D eigenvalue weighted by Gasteiger charge is 2.23. The summed E-state index contributed by atoms with van der Waals surface area (Å²) in [5, 5.41) is 2.78. The quantitative estimate of drug-likeness (QED) is 0.918. The second-order valence-corrected chi connectivity index (χ2v) is 5.45. The Morgan fingerprint density at radius 3 is 2.30 bits per heavy atom. The highest BCUT2D eigenvalue weighted by molar-refractivity contribution is 5.97. The van der Waals surface area contributed by atoms with Gasteiger partial charge in [-0.3, -0.25) is 9.59 Å². The van der Waals surface area contributed by atoms with Crippen molar-refractivity contribution in [3.63, 3.8) is 0 Å². The van der Waals surface area contributed by atoms with E-state index >= 15 is 0 Å². The van der Waals surface area contributed by atoms with Crippen LogP contribution in [-0.2, 0) is 4.79 Å². The third kappa shape index (κ3) is 3.59. The number of nitrogens with one attached hydrogen (secondary N) is 1. The van der Waals surface area contributed by atoms with Gasteiger partial charge < -0.3 is 10.2 Å². The van der Waals surface area contributed by atoms with Crippen molar-refractivity contribution in [3.05, 3.63) is 35.4 Å². The molecular weight excluding hydrogens is 252 g/mol. The largest absolute Gasteiger partial charge is 0.341 e. The molecule has 20 heavy (non-hydrogen) atoms. The van der Waals surface area contributed by atoms with E-state index in [1.807, 2.05) is 24.0 Å². The van der Waals surface area contributed by atoms with E-state index in [4.69, 9.17) is 0 Å². The van der Waals surface area contributed by atoms with Crippen molar-refractivity contribution in [1.82, 2.24) is 10.2 Å². The molecule has 1 aliphatic rings. The van der Waals surface area contributed by atoms with E-state index in [1.54, 1.807) is 19.1 Å². The van der Waals surface area contributed by atoms with Crippen molar-refractivity contribution in [2.45, 2.75) is 39.2 Å². The van der Waals surface area contributed by atoms with E-state index in [2.05, 4.69) is 5.32 Å². The molecule has 1 saturated heterocycles. The molecule has 2 rings (SSSR count). The van der Waals surface area contributed by atoms with Gasteiger partial charge in [0.1, 0.15) is 6.04 Å². The van der Waals surface area contributed by atoms with Gasteiger partial charge in [-0.05, 0) is 45.2 Å². The SMILES string of the molecule is Cc1ccc(C(=O)N[C@@H](C)C(=O)N2CCCCC2)cc1. The maximum Gasteiger partial charge on any atom is 0.251 e. The van der Waals surface area contributed by atoms with Crippen LogP contribution in [0, 0.1) is 6.92 Å². The predicted molar refractivity (Wildman–Crippen MR) is 78.5 cm³/mol. The van der Waals surface area contributed by atoms with Crippen LogP contribution in [0.4, 0.5) is 0 Å². The molecule has 1 aliphatic heterocycles. The minimum Gasteiger partial charge on any atom is -0.341 e. The van der Waals surface area contributed by atoms with E-state index in [1.165, 1.54) is 6.42 Å². The molecule has 1 heterocycles. The van der Waals surface area contributed by atoms with Gasteiger partial charge in [0.05, 0.1) is 0 Å². The molecule has 0 unspecified atom stereocenters. The molecule has 0 aliphatic carbocycles. The zero-order valence-electron chi connectivity index (χ0n) is 12.2. The van der Waals surface area contributed by atoms with Crippen LogP contribution in [0.1, 0.15) is 42.1 Å². The number of amides is 2. The van der Waals surface area contributed by atoms with Gasteiger partial charge in [-0.1, -0.05) is 17.7 Å². The number of carbonyl (C=O) groups excluding carboxylic acids is 2. The van der Waals surface area contributed by atoms with Crippen molar-refractivity contribution >= 4 is 11.8 Å². The van der Waals surface area contributed by atoms with Crippen molar-refractivity contribution in [3.8, 4) is 0 Å². The van der Waals surface area contributed by atoms with Gasteiger partial charge in [0, 0.05) is 18.7 Å². The number of rotatable bonds is 3. The van der Waals surface area contributed by atoms with Crippen LogP contribution in [0.5, 0.6) is 0 Å². The molecule has 4 heteroatoms. The molecule has 2 amide bonds. The van der Waals surface area contributed by atoms with Gasteiger partial charge in [-0.15, -0.1) is 0 Å². The Morgan fingerprint density at radius 2 is 1.70 bits per heavy atom. The second kappa shape index (κ2) is 6.55. The standard InChI is InChI=1S/C16H22N2O2/c1-12-6-8-14(9-7-12)15(19)17-13(2)16(20)18-10-4-3-5-11-18/h6-9,13H,3-5,10-11H2,1-2H3,(H,17,19)/t13-/m0/s1. The first kappa shape index (κ1) is 14.6. The van der Waals surface area contributed by atoms with Gasteiger partial charge >= 0.3 is 0 Å². The molecule has 1 aromatic rings. The number of hydrogen-bond acceptors (Lipinski definition) is 2. The fourth-order valence-electron chi connectivity index (χ4n) is 2.43. The van der Waals surface area contributed by atoms with E-state index in [0.717, 1.165) is 31.5 Å². The highest BCUT2D eigenvalue weighted by atomic mass is 16.2. The molecule has 0 aromatic heterocycles. The number of hydrogen-bond donors (Lipinski definition) is 1. The van der Waals surface area contributed by atoms with Gasteiger partial charge in [0.2, 0.25) is 5.91 Å². The second-order valence-electron chi connectivity index (χ2n) is 5.45. The van der Waals surface area contributed by atoms with Crippen LogP contribution in [-0.4, -0.2) is 35.8 Å². The molecule has 0 bridgehead atoms. The Kier molecular flexibility index (Phi) is 4.77. The fourth-order valence-corrected chi connectivity index (χ4v) is 2.43. The zero-order chi connectivity index (χ0) is 14.5. The van der Waals surface area contributed by atoms with E-state index in [-0.39, 0.29) is 11.8 Å². The van der Waals surface area contributed by atoms with E-state index in [0.29, 0.717) is 5.56 Å². The molecular formula is C16H22N2O2. The first-order valence-electron chi connectivity index (χ1n) is 7.24. The Balaban J connectivity index is 1.92. The summed E-state index contributed by atoms with van der Waals surface area (Å²) < 4.78 is 0. The summed E-state index contributed by atoms with van der Waals surface area (Å²) in [5.41, 5.74) is 1.70. The number of nitrogens with zero attached hydrogens (tertiary/aromatic N) is 1. The first-order chi connectivity index (χ1) is 9.58. The maximum atomic E-state index is 12.2.